The van der Waals surface area contributed by atoms with E-state index in [1.807, 2.05) is 0 Å². The van der Waals surface area contributed by atoms with E-state index in [0.717, 1.165) is 0 Å². The van der Waals surface area contributed by atoms with E-state index < -0.39 is 5.97 Å². The highest BCUT2D eigenvalue weighted by atomic mass is 16.4. The number of hydrogen-bond acceptors (Lipinski definition) is 5. The second-order valence-electron chi connectivity index (χ2n) is 3.87. The van der Waals surface area contributed by atoms with Crippen molar-refractivity contribution in [2.45, 2.75) is 13.1 Å². The van der Waals surface area contributed by atoms with Crippen molar-refractivity contribution in [3.05, 3.63) is 30.1 Å². The minimum atomic E-state index is -1.00. The van der Waals surface area contributed by atoms with Crippen LogP contribution in [0.2, 0.25) is 0 Å². The van der Waals surface area contributed by atoms with E-state index in [-0.39, 0.29) is 19.0 Å². The molecule has 2 rings (SSSR count). The lowest BCUT2D eigenvalue weighted by Gasteiger charge is -2.02. The molecule has 2 aromatic rings. The zero-order valence-corrected chi connectivity index (χ0v) is 10.1. The van der Waals surface area contributed by atoms with Gasteiger partial charge in [0, 0.05) is 7.05 Å². The maximum atomic E-state index is 11.8. The van der Waals surface area contributed by atoms with Gasteiger partial charge in [0.2, 0.25) is 0 Å². The van der Waals surface area contributed by atoms with Gasteiger partial charge in [-0.2, -0.15) is 0 Å². The van der Waals surface area contributed by atoms with Gasteiger partial charge in [0.25, 0.3) is 5.91 Å². The number of aliphatic carboxylic acids is 1. The van der Waals surface area contributed by atoms with Crippen molar-refractivity contribution in [2.75, 3.05) is 0 Å². The van der Waals surface area contributed by atoms with E-state index in [9.17, 15) is 9.59 Å². The van der Waals surface area contributed by atoms with E-state index in [1.54, 1.807) is 11.6 Å². The molecule has 2 aromatic heterocycles. The van der Waals surface area contributed by atoms with Crippen molar-refractivity contribution < 1.29 is 14.7 Å². The summed E-state index contributed by atoms with van der Waals surface area (Å²) in [6.07, 6.45) is 4.45. The summed E-state index contributed by atoms with van der Waals surface area (Å²) < 4.78 is 2.78. The molecule has 9 heteroatoms. The number of nitrogens with zero attached hydrogens (tertiary/aromatic N) is 5. The molecule has 2 heterocycles. The van der Waals surface area contributed by atoms with E-state index in [0.29, 0.717) is 11.4 Å². The average Bonchev–Trinajstić information content (AvgIpc) is 2.94. The summed E-state index contributed by atoms with van der Waals surface area (Å²) in [4.78, 5) is 26.1. The number of rotatable bonds is 5. The first kappa shape index (κ1) is 12.7. The Hall–Kier alpha value is -2.71. The van der Waals surface area contributed by atoms with Crippen molar-refractivity contribution in [1.29, 1.82) is 0 Å². The van der Waals surface area contributed by atoms with Gasteiger partial charge in [-0.3, -0.25) is 9.59 Å². The summed E-state index contributed by atoms with van der Waals surface area (Å²) >= 11 is 0. The molecule has 0 atom stereocenters. The molecule has 0 aliphatic heterocycles. The Bertz CT molecular complexity index is 602. The zero-order chi connectivity index (χ0) is 13.8. The molecule has 0 radical (unpaired) electrons. The molecule has 9 nitrogen and oxygen atoms in total. The molecule has 2 N–H and O–H groups in total. The topological polar surface area (TPSA) is 115 Å². The minimum absolute atomic E-state index is 0.170. The molecule has 100 valence electrons. The predicted molar refractivity (Wildman–Crippen MR) is 62.0 cm³/mol. The van der Waals surface area contributed by atoms with Crippen molar-refractivity contribution in [1.82, 2.24) is 29.9 Å². The number of carbonyl (C=O) groups excluding carboxylic acids is 1. The number of carbonyl (C=O) groups is 2. The van der Waals surface area contributed by atoms with Crippen molar-refractivity contribution in [3.63, 3.8) is 0 Å². The lowest BCUT2D eigenvalue weighted by atomic mass is 10.4. The smallest absolute Gasteiger partial charge is 0.325 e. The molecule has 19 heavy (non-hydrogen) atoms. The van der Waals surface area contributed by atoms with Gasteiger partial charge >= 0.3 is 5.97 Å². The van der Waals surface area contributed by atoms with E-state index >= 15 is 0 Å². The summed E-state index contributed by atoms with van der Waals surface area (Å²) in [6, 6.07) is 0. The van der Waals surface area contributed by atoms with Crippen molar-refractivity contribution >= 4 is 11.9 Å². The van der Waals surface area contributed by atoms with Crippen LogP contribution >= 0.6 is 0 Å². The normalized spacial score (nSPS) is 10.4. The van der Waals surface area contributed by atoms with Crippen LogP contribution in [0.5, 0.6) is 0 Å². The number of aromatic nitrogens is 5. The fraction of sp³-hybridized carbons (Fsp3) is 0.300. The van der Waals surface area contributed by atoms with Crippen molar-refractivity contribution in [2.24, 2.45) is 7.05 Å². The first-order valence-corrected chi connectivity index (χ1v) is 5.41. The first-order chi connectivity index (χ1) is 9.06. The quantitative estimate of drug-likeness (QED) is 0.717. The summed E-state index contributed by atoms with van der Waals surface area (Å²) in [6.45, 7) is -0.0910. The Morgan fingerprint density at radius 2 is 2.26 bits per heavy atom. The lowest BCUT2D eigenvalue weighted by Crippen LogP contribution is -2.24. The minimum Gasteiger partial charge on any atom is -0.480 e. The molecule has 0 saturated heterocycles. The molecule has 0 aromatic carbocycles. The number of nitrogens with one attached hydrogen (secondary N) is 1. The van der Waals surface area contributed by atoms with Crippen LogP contribution in [0.1, 0.15) is 16.2 Å². The van der Waals surface area contributed by atoms with E-state index in [4.69, 9.17) is 5.11 Å². The lowest BCUT2D eigenvalue weighted by molar-refractivity contribution is -0.137. The number of carboxylic acids is 1. The molecule has 0 unspecified atom stereocenters. The van der Waals surface area contributed by atoms with Crippen LogP contribution in [0, 0.1) is 0 Å². The Morgan fingerprint density at radius 1 is 1.47 bits per heavy atom. The molecule has 0 saturated carbocycles. The maximum absolute atomic E-state index is 11.8. The van der Waals surface area contributed by atoms with Crippen molar-refractivity contribution in [3.8, 4) is 0 Å². The van der Waals surface area contributed by atoms with Gasteiger partial charge in [-0.05, 0) is 0 Å². The van der Waals surface area contributed by atoms with Crippen LogP contribution in [0.25, 0.3) is 0 Å². The van der Waals surface area contributed by atoms with Gasteiger partial charge in [-0.15, -0.1) is 5.10 Å². The molecular formula is C10H12N6O3. The summed E-state index contributed by atoms with van der Waals surface area (Å²) in [7, 11) is 1.71. The predicted octanol–water partition coefficient (Wildman–Crippen LogP) is -0.974. The monoisotopic (exact) mass is 264 g/mol. The zero-order valence-electron chi connectivity index (χ0n) is 10.1. The van der Waals surface area contributed by atoms with E-state index in [1.165, 1.54) is 23.4 Å². The molecule has 0 aliphatic rings. The Kier molecular flexibility index (Phi) is 3.55. The van der Waals surface area contributed by atoms with Crippen LogP contribution in [-0.2, 0) is 24.9 Å². The van der Waals surface area contributed by atoms with Gasteiger partial charge in [-0.1, -0.05) is 5.21 Å². The standard InChI is InChI=1S/C10H12N6O3/c1-15-6-11-3-8(15)10(19)12-2-7-4-16(14-13-7)5-9(17)18/h3-4,6H,2,5H2,1H3,(H,12,19)(H,17,18). The summed E-state index contributed by atoms with van der Waals surface area (Å²) in [5.74, 6) is -1.29. The first-order valence-electron chi connectivity index (χ1n) is 5.41. The van der Waals surface area contributed by atoms with E-state index in [2.05, 4.69) is 20.6 Å². The molecule has 0 fully saturated rings. The Labute approximate surface area is 107 Å². The highest BCUT2D eigenvalue weighted by Gasteiger charge is 2.10. The van der Waals surface area contributed by atoms with Gasteiger partial charge in [0.05, 0.1) is 25.3 Å². The number of carboxylic acid groups (broad SMARTS) is 1. The van der Waals surface area contributed by atoms with Gasteiger partial charge in [0.1, 0.15) is 17.9 Å². The molecule has 0 bridgehead atoms. The summed E-state index contributed by atoms with van der Waals surface area (Å²) in [5, 5.41) is 18.6. The molecular weight excluding hydrogens is 252 g/mol. The second-order valence-corrected chi connectivity index (χ2v) is 3.87. The third kappa shape index (κ3) is 3.15. The molecule has 1 amide bonds. The SMILES string of the molecule is Cn1cncc1C(=O)NCc1cn(CC(=O)O)nn1. The van der Waals surface area contributed by atoms with Crippen LogP contribution in [-0.4, -0.2) is 41.5 Å². The van der Waals surface area contributed by atoms with Gasteiger partial charge in [0.15, 0.2) is 0 Å². The highest BCUT2D eigenvalue weighted by Crippen LogP contribution is 1.98. The van der Waals surface area contributed by atoms with Crippen LogP contribution in [0.15, 0.2) is 18.7 Å². The van der Waals surface area contributed by atoms with Crippen LogP contribution in [0.3, 0.4) is 0 Å². The fourth-order valence-corrected chi connectivity index (χ4v) is 1.47. The number of aryl methyl sites for hydroxylation is 1. The van der Waals surface area contributed by atoms with Gasteiger partial charge in [-0.25, -0.2) is 9.67 Å². The Morgan fingerprint density at radius 3 is 2.89 bits per heavy atom. The number of amides is 1. The summed E-state index contributed by atoms with van der Waals surface area (Å²) in [5.41, 5.74) is 0.912. The second kappa shape index (κ2) is 5.29. The number of imidazole rings is 1. The third-order valence-electron chi connectivity index (χ3n) is 2.36. The van der Waals surface area contributed by atoms with Crippen LogP contribution < -0.4 is 5.32 Å². The third-order valence-corrected chi connectivity index (χ3v) is 2.36. The Balaban J connectivity index is 1.92. The fourth-order valence-electron chi connectivity index (χ4n) is 1.47. The average molecular weight is 264 g/mol. The highest BCUT2D eigenvalue weighted by molar-refractivity contribution is 5.92. The number of hydrogen-bond donors (Lipinski definition) is 2. The maximum Gasteiger partial charge on any atom is 0.325 e. The molecule has 0 spiro atoms. The molecule has 0 aliphatic carbocycles. The van der Waals surface area contributed by atoms with Gasteiger partial charge < -0.3 is 15.0 Å². The van der Waals surface area contributed by atoms with Crippen LogP contribution in [0.4, 0.5) is 0 Å². The largest absolute Gasteiger partial charge is 0.480 e.